The molecule has 0 spiro atoms. The number of phenolic OH excluding ortho intramolecular Hbond substituents is 1. The van der Waals surface area contributed by atoms with Gasteiger partial charge in [0, 0.05) is 5.02 Å². The van der Waals surface area contributed by atoms with E-state index in [1.54, 1.807) is 18.2 Å². The fraction of sp³-hybridized carbons (Fsp3) is 0.150. The van der Waals surface area contributed by atoms with E-state index in [9.17, 15) is 15.0 Å². The van der Waals surface area contributed by atoms with Gasteiger partial charge in [0.05, 0.1) is 26.9 Å². The molecule has 1 aromatic heterocycles. The van der Waals surface area contributed by atoms with Crippen molar-refractivity contribution in [1.82, 2.24) is 15.2 Å². The summed E-state index contributed by atoms with van der Waals surface area (Å²) in [4.78, 5) is 16.1. The van der Waals surface area contributed by atoms with Gasteiger partial charge in [-0.15, -0.1) is 5.10 Å². The maximum atomic E-state index is 11.8. The molecular formula is C20H18ClN3O6S. The SMILES string of the molecule is COc1ccc(Cl)cc1-c1nc(S/C(=C\c2cc(OC)c(O)c(OC)c2)C(=O)O)n[nH]1. The zero-order valence-corrected chi connectivity index (χ0v) is 18.2. The smallest absolute Gasteiger partial charge is 0.342 e. The summed E-state index contributed by atoms with van der Waals surface area (Å²) < 4.78 is 15.5. The van der Waals surface area contributed by atoms with Crippen LogP contribution in [0, 0.1) is 0 Å². The number of methoxy groups -OCH3 is 3. The number of rotatable bonds is 8. The first-order valence-electron chi connectivity index (χ1n) is 8.70. The van der Waals surface area contributed by atoms with Gasteiger partial charge in [-0.25, -0.2) is 9.78 Å². The maximum Gasteiger partial charge on any atom is 0.342 e. The number of hydrogen-bond acceptors (Lipinski definition) is 8. The van der Waals surface area contributed by atoms with Gasteiger partial charge in [0.1, 0.15) is 10.7 Å². The lowest BCUT2D eigenvalue weighted by molar-refractivity contribution is -0.131. The Bertz CT molecular complexity index is 1120. The molecule has 0 atom stereocenters. The molecule has 0 saturated carbocycles. The van der Waals surface area contributed by atoms with E-state index in [2.05, 4.69) is 15.2 Å². The van der Waals surface area contributed by atoms with Crippen LogP contribution in [0.2, 0.25) is 5.02 Å². The maximum absolute atomic E-state index is 11.8. The Morgan fingerprint density at radius 2 is 1.74 bits per heavy atom. The van der Waals surface area contributed by atoms with Crippen LogP contribution in [0.4, 0.5) is 0 Å². The summed E-state index contributed by atoms with van der Waals surface area (Å²) in [5, 5.41) is 27.2. The van der Waals surface area contributed by atoms with E-state index >= 15 is 0 Å². The lowest BCUT2D eigenvalue weighted by Gasteiger charge is -2.10. The summed E-state index contributed by atoms with van der Waals surface area (Å²) in [5.74, 6) is -0.153. The number of carboxylic acid groups (broad SMARTS) is 1. The van der Waals surface area contributed by atoms with Crippen molar-refractivity contribution in [2.75, 3.05) is 21.3 Å². The molecule has 0 saturated heterocycles. The lowest BCUT2D eigenvalue weighted by Crippen LogP contribution is -1.98. The topological polar surface area (TPSA) is 127 Å². The minimum absolute atomic E-state index is 0.0570. The molecule has 11 heteroatoms. The zero-order chi connectivity index (χ0) is 22.5. The molecule has 9 nitrogen and oxygen atoms in total. The quantitative estimate of drug-likeness (QED) is 0.334. The van der Waals surface area contributed by atoms with Gasteiger partial charge in [0.2, 0.25) is 10.9 Å². The number of aromatic nitrogens is 3. The first-order valence-corrected chi connectivity index (χ1v) is 9.89. The highest BCUT2D eigenvalue weighted by Crippen LogP contribution is 2.39. The summed E-state index contributed by atoms with van der Waals surface area (Å²) in [6.07, 6.45) is 1.40. The number of ether oxygens (including phenoxy) is 3. The van der Waals surface area contributed by atoms with Crippen molar-refractivity contribution >= 4 is 35.4 Å². The van der Waals surface area contributed by atoms with E-state index in [-0.39, 0.29) is 27.3 Å². The Hall–Kier alpha value is -3.37. The number of H-pyrrole nitrogens is 1. The van der Waals surface area contributed by atoms with E-state index in [1.165, 1.54) is 39.5 Å². The molecule has 2 aromatic carbocycles. The minimum atomic E-state index is -1.18. The number of halogens is 1. The molecule has 0 bridgehead atoms. The number of thioether (sulfide) groups is 1. The number of carboxylic acids is 1. The molecule has 3 N–H and O–H groups in total. The van der Waals surface area contributed by atoms with E-state index in [4.69, 9.17) is 25.8 Å². The average Bonchev–Trinajstić information content (AvgIpc) is 3.22. The third-order valence-electron chi connectivity index (χ3n) is 4.09. The number of hydrogen-bond donors (Lipinski definition) is 3. The van der Waals surface area contributed by atoms with Crippen LogP contribution in [0.25, 0.3) is 17.5 Å². The third-order valence-corrected chi connectivity index (χ3v) is 5.21. The molecule has 31 heavy (non-hydrogen) atoms. The number of phenols is 1. The van der Waals surface area contributed by atoms with E-state index in [1.807, 2.05) is 0 Å². The number of aliphatic carboxylic acids is 1. The van der Waals surface area contributed by atoms with Gasteiger partial charge in [-0.05, 0) is 53.7 Å². The van der Waals surface area contributed by atoms with Crippen molar-refractivity contribution in [3.63, 3.8) is 0 Å². The number of nitrogens with zero attached hydrogens (tertiary/aromatic N) is 2. The first kappa shape index (κ1) is 22.3. The molecule has 3 rings (SSSR count). The van der Waals surface area contributed by atoms with Crippen molar-refractivity contribution < 1.29 is 29.2 Å². The molecule has 1 heterocycles. The molecular weight excluding hydrogens is 446 g/mol. The predicted molar refractivity (Wildman–Crippen MR) is 116 cm³/mol. The van der Waals surface area contributed by atoms with Gasteiger partial charge in [-0.1, -0.05) is 11.6 Å². The van der Waals surface area contributed by atoms with Gasteiger partial charge in [0.15, 0.2) is 17.3 Å². The van der Waals surface area contributed by atoms with Crippen LogP contribution < -0.4 is 14.2 Å². The highest BCUT2D eigenvalue weighted by Gasteiger charge is 2.18. The van der Waals surface area contributed by atoms with E-state index in [0.717, 1.165) is 11.8 Å². The van der Waals surface area contributed by atoms with Gasteiger partial charge < -0.3 is 24.4 Å². The molecule has 0 aliphatic carbocycles. The zero-order valence-electron chi connectivity index (χ0n) is 16.7. The van der Waals surface area contributed by atoms with Crippen LogP contribution in [0.5, 0.6) is 23.0 Å². The first-order chi connectivity index (χ1) is 14.9. The van der Waals surface area contributed by atoms with Gasteiger partial charge in [0.25, 0.3) is 0 Å². The molecule has 0 radical (unpaired) electrons. The summed E-state index contributed by atoms with van der Waals surface area (Å²) in [6, 6.07) is 8.02. The van der Waals surface area contributed by atoms with Crippen LogP contribution >= 0.6 is 23.4 Å². The van der Waals surface area contributed by atoms with Crippen molar-refractivity contribution in [2.24, 2.45) is 0 Å². The summed E-state index contributed by atoms with van der Waals surface area (Å²) in [6.45, 7) is 0. The third kappa shape index (κ3) is 5.04. The lowest BCUT2D eigenvalue weighted by atomic mass is 10.1. The molecule has 0 fully saturated rings. The van der Waals surface area contributed by atoms with Crippen LogP contribution in [-0.4, -0.2) is 52.7 Å². The predicted octanol–water partition coefficient (Wildman–Crippen LogP) is 4.07. The highest BCUT2D eigenvalue weighted by atomic mass is 35.5. The monoisotopic (exact) mass is 463 g/mol. The number of nitrogens with one attached hydrogen (secondary N) is 1. The highest BCUT2D eigenvalue weighted by molar-refractivity contribution is 8.04. The molecule has 3 aromatic rings. The van der Waals surface area contributed by atoms with Crippen LogP contribution in [0.3, 0.4) is 0 Å². The van der Waals surface area contributed by atoms with E-state index in [0.29, 0.717) is 27.7 Å². The van der Waals surface area contributed by atoms with Gasteiger partial charge in [-0.3, -0.25) is 5.10 Å². The normalized spacial score (nSPS) is 11.3. The minimum Gasteiger partial charge on any atom is -0.502 e. The Labute approximate surface area is 186 Å². The second-order valence-electron chi connectivity index (χ2n) is 6.00. The Balaban J connectivity index is 1.94. The number of carbonyl (C=O) groups is 1. The summed E-state index contributed by atoms with van der Waals surface area (Å²) in [5.41, 5.74) is 1.03. The van der Waals surface area contributed by atoms with E-state index < -0.39 is 5.97 Å². The summed E-state index contributed by atoms with van der Waals surface area (Å²) >= 11 is 6.91. The fourth-order valence-corrected chi connectivity index (χ4v) is 3.54. The number of aromatic amines is 1. The van der Waals surface area contributed by atoms with Crippen molar-refractivity contribution in [3.8, 4) is 34.4 Å². The van der Waals surface area contributed by atoms with Gasteiger partial charge in [-0.2, -0.15) is 0 Å². The molecule has 162 valence electrons. The van der Waals surface area contributed by atoms with Crippen molar-refractivity contribution in [3.05, 3.63) is 45.8 Å². The standard InChI is InChI=1S/C20H18ClN3O6S/c1-28-13-5-4-11(21)9-12(13)18-22-20(24-23-18)31-16(19(26)27)8-10-6-14(29-2)17(25)15(7-10)30-3/h4-9,25H,1-3H3,(H,26,27)(H,22,23,24)/b16-8-. The molecule has 0 aliphatic rings. The van der Waals surface area contributed by atoms with Crippen molar-refractivity contribution in [1.29, 1.82) is 0 Å². The van der Waals surface area contributed by atoms with Crippen molar-refractivity contribution in [2.45, 2.75) is 5.16 Å². The van der Waals surface area contributed by atoms with Gasteiger partial charge >= 0.3 is 5.97 Å². The fourth-order valence-electron chi connectivity index (χ4n) is 2.66. The Morgan fingerprint density at radius 3 is 2.32 bits per heavy atom. The number of aromatic hydroxyl groups is 1. The Kier molecular flexibility index (Phi) is 6.93. The van der Waals surface area contributed by atoms with Crippen LogP contribution in [0.1, 0.15) is 5.56 Å². The second-order valence-corrected chi connectivity index (χ2v) is 7.45. The molecule has 0 unspecified atom stereocenters. The molecule has 0 aliphatic heterocycles. The largest absolute Gasteiger partial charge is 0.502 e. The molecule has 0 amide bonds. The van der Waals surface area contributed by atoms with Crippen LogP contribution in [0.15, 0.2) is 40.4 Å². The summed E-state index contributed by atoms with van der Waals surface area (Å²) in [7, 11) is 4.28. The van der Waals surface area contributed by atoms with Crippen LogP contribution in [-0.2, 0) is 4.79 Å². The average molecular weight is 464 g/mol. The second kappa shape index (κ2) is 9.63. The number of benzene rings is 2. The Morgan fingerprint density at radius 1 is 1.10 bits per heavy atom.